The molecule has 0 aliphatic heterocycles. The Hall–Kier alpha value is -1.90. The summed E-state index contributed by atoms with van der Waals surface area (Å²) in [5, 5.41) is 1.15. The maximum Gasteiger partial charge on any atom is 0.157 e. The van der Waals surface area contributed by atoms with Crippen LogP contribution in [0.15, 0.2) is 30.6 Å². The van der Waals surface area contributed by atoms with E-state index in [0.717, 1.165) is 22.1 Å². The smallest absolute Gasteiger partial charge is 0.157 e. The molecule has 0 aliphatic carbocycles. The Balaban J connectivity index is 2.38. The lowest BCUT2D eigenvalue weighted by molar-refractivity contribution is 0.591. The summed E-state index contributed by atoms with van der Waals surface area (Å²) < 4.78 is 0. The third kappa shape index (κ3) is 1.58. The molecule has 1 aromatic carbocycles. The van der Waals surface area contributed by atoms with Crippen molar-refractivity contribution >= 4 is 22.1 Å². The lowest BCUT2D eigenvalue weighted by atomic mass is 9.86. The number of hydrogen-bond donors (Lipinski definition) is 1. The molecule has 0 amide bonds. The minimum atomic E-state index is 0.153. The standard InChI is InChI=1S/C14H15N3/c1-14(2,3)9-4-5-11-10(8-9)12-13(17-11)16-7-6-15-12/h4-8H,1-3H3,(H,16,17). The summed E-state index contributed by atoms with van der Waals surface area (Å²) in [6.45, 7) is 6.65. The molecule has 1 N–H and O–H groups in total. The SMILES string of the molecule is CC(C)(C)c1ccc2[nH]c3nccnc3c2c1. The quantitative estimate of drug-likeness (QED) is 0.637. The minimum Gasteiger partial charge on any atom is -0.338 e. The van der Waals surface area contributed by atoms with Gasteiger partial charge in [0, 0.05) is 23.3 Å². The van der Waals surface area contributed by atoms with Crippen molar-refractivity contribution in [2.45, 2.75) is 26.2 Å². The van der Waals surface area contributed by atoms with Gasteiger partial charge in [-0.3, -0.25) is 4.98 Å². The summed E-state index contributed by atoms with van der Waals surface area (Å²) in [7, 11) is 0. The molecule has 2 aromatic heterocycles. The van der Waals surface area contributed by atoms with Crippen LogP contribution in [0.5, 0.6) is 0 Å². The van der Waals surface area contributed by atoms with Crippen molar-refractivity contribution in [2.75, 3.05) is 0 Å². The Morgan fingerprint density at radius 3 is 2.59 bits per heavy atom. The van der Waals surface area contributed by atoms with E-state index in [1.807, 2.05) is 0 Å². The molecule has 3 nitrogen and oxygen atoms in total. The minimum absolute atomic E-state index is 0.153. The highest BCUT2D eigenvalue weighted by Crippen LogP contribution is 2.28. The highest BCUT2D eigenvalue weighted by atomic mass is 14.9. The Labute approximate surface area is 99.9 Å². The molecule has 0 saturated heterocycles. The van der Waals surface area contributed by atoms with Crippen LogP contribution in [-0.2, 0) is 5.41 Å². The molecule has 0 fully saturated rings. The predicted octanol–water partition coefficient (Wildman–Crippen LogP) is 3.41. The van der Waals surface area contributed by atoms with Crippen molar-refractivity contribution in [1.29, 1.82) is 0 Å². The van der Waals surface area contributed by atoms with E-state index in [-0.39, 0.29) is 5.41 Å². The highest BCUT2D eigenvalue weighted by molar-refractivity contribution is 6.03. The molecule has 0 radical (unpaired) electrons. The molecule has 3 aromatic rings. The molecular formula is C14H15N3. The van der Waals surface area contributed by atoms with Crippen molar-refractivity contribution in [3.63, 3.8) is 0 Å². The number of fused-ring (bicyclic) bond motifs is 3. The second-order valence-corrected chi connectivity index (χ2v) is 5.39. The van der Waals surface area contributed by atoms with Crippen LogP contribution in [0.3, 0.4) is 0 Å². The van der Waals surface area contributed by atoms with Crippen LogP contribution in [0, 0.1) is 0 Å². The Bertz CT molecular complexity index is 689. The molecule has 3 heteroatoms. The van der Waals surface area contributed by atoms with Crippen LogP contribution in [0.2, 0.25) is 0 Å². The molecule has 17 heavy (non-hydrogen) atoms. The second kappa shape index (κ2) is 3.29. The summed E-state index contributed by atoms with van der Waals surface area (Å²) in [4.78, 5) is 12.0. The van der Waals surface area contributed by atoms with Gasteiger partial charge in [0.15, 0.2) is 5.65 Å². The van der Waals surface area contributed by atoms with Crippen LogP contribution >= 0.6 is 0 Å². The van der Waals surface area contributed by atoms with Gasteiger partial charge in [-0.05, 0) is 23.1 Å². The zero-order chi connectivity index (χ0) is 12.0. The number of benzene rings is 1. The topological polar surface area (TPSA) is 41.6 Å². The number of aromatic nitrogens is 3. The summed E-state index contributed by atoms with van der Waals surface area (Å²) in [5.74, 6) is 0. The lowest BCUT2D eigenvalue weighted by Crippen LogP contribution is -2.10. The van der Waals surface area contributed by atoms with E-state index >= 15 is 0 Å². The number of H-pyrrole nitrogens is 1. The molecule has 3 rings (SSSR count). The van der Waals surface area contributed by atoms with Crippen LogP contribution in [-0.4, -0.2) is 15.0 Å². The maximum atomic E-state index is 4.40. The van der Waals surface area contributed by atoms with Gasteiger partial charge < -0.3 is 4.98 Å². The molecular weight excluding hydrogens is 210 g/mol. The molecule has 0 saturated carbocycles. The Morgan fingerprint density at radius 2 is 1.82 bits per heavy atom. The van der Waals surface area contributed by atoms with E-state index in [4.69, 9.17) is 0 Å². The molecule has 0 bridgehead atoms. The van der Waals surface area contributed by atoms with Crippen molar-refractivity contribution in [2.24, 2.45) is 0 Å². The zero-order valence-electron chi connectivity index (χ0n) is 10.3. The van der Waals surface area contributed by atoms with Gasteiger partial charge in [0.25, 0.3) is 0 Å². The predicted molar refractivity (Wildman–Crippen MR) is 70.1 cm³/mol. The number of nitrogens with one attached hydrogen (secondary N) is 1. The van der Waals surface area contributed by atoms with E-state index in [1.165, 1.54) is 5.56 Å². The van der Waals surface area contributed by atoms with E-state index in [2.05, 4.69) is 53.9 Å². The fourth-order valence-corrected chi connectivity index (χ4v) is 2.07. The van der Waals surface area contributed by atoms with Gasteiger partial charge in [0.05, 0.1) is 0 Å². The van der Waals surface area contributed by atoms with Crippen molar-refractivity contribution in [3.8, 4) is 0 Å². The van der Waals surface area contributed by atoms with Crippen molar-refractivity contribution < 1.29 is 0 Å². The first kappa shape index (κ1) is 10.3. The molecule has 86 valence electrons. The van der Waals surface area contributed by atoms with Gasteiger partial charge >= 0.3 is 0 Å². The van der Waals surface area contributed by atoms with Crippen molar-refractivity contribution in [3.05, 3.63) is 36.2 Å². The third-order valence-corrected chi connectivity index (χ3v) is 3.09. The normalized spacial score (nSPS) is 12.4. The Morgan fingerprint density at radius 1 is 1.06 bits per heavy atom. The molecule has 2 heterocycles. The van der Waals surface area contributed by atoms with Gasteiger partial charge in [0.2, 0.25) is 0 Å². The number of rotatable bonds is 0. The molecule has 0 aliphatic rings. The van der Waals surface area contributed by atoms with Crippen LogP contribution < -0.4 is 0 Å². The largest absolute Gasteiger partial charge is 0.338 e. The first-order valence-electron chi connectivity index (χ1n) is 5.78. The van der Waals surface area contributed by atoms with Gasteiger partial charge in [-0.15, -0.1) is 0 Å². The average molecular weight is 225 g/mol. The van der Waals surface area contributed by atoms with Crippen LogP contribution in [0.25, 0.3) is 22.1 Å². The van der Waals surface area contributed by atoms with E-state index < -0.39 is 0 Å². The first-order valence-corrected chi connectivity index (χ1v) is 5.78. The maximum absolute atomic E-state index is 4.40. The highest BCUT2D eigenvalue weighted by Gasteiger charge is 2.15. The lowest BCUT2D eigenvalue weighted by Gasteiger charge is -2.18. The monoisotopic (exact) mass is 225 g/mol. The van der Waals surface area contributed by atoms with Gasteiger partial charge in [-0.2, -0.15) is 0 Å². The first-order chi connectivity index (χ1) is 8.05. The number of nitrogens with zero attached hydrogens (tertiary/aromatic N) is 2. The van der Waals surface area contributed by atoms with Crippen LogP contribution in [0.4, 0.5) is 0 Å². The number of aromatic amines is 1. The molecule has 0 spiro atoms. The van der Waals surface area contributed by atoms with E-state index in [1.54, 1.807) is 12.4 Å². The summed E-state index contributed by atoms with van der Waals surface area (Å²) in [5.41, 5.74) is 4.37. The third-order valence-electron chi connectivity index (χ3n) is 3.09. The summed E-state index contributed by atoms with van der Waals surface area (Å²) in [6, 6.07) is 6.49. The molecule has 0 atom stereocenters. The van der Waals surface area contributed by atoms with Crippen LogP contribution in [0.1, 0.15) is 26.3 Å². The van der Waals surface area contributed by atoms with E-state index in [9.17, 15) is 0 Å². The number of hydrogen-bond acceptors (Lipinski definition) is 2. The van der Waals surface area contributed by atoms with E-state index in [0.29, 0.717) is 0 Å². The van der Waals surface area contributed by atoms with Crippen molar-refractivity contribution in [1.82, 2.24) is 15.0 Å². The fourth-order valence-electron chi connectivity index (χ4n) is 2.07. The van der Waals surface area contributed by atoms with Gasteiger partial charge in [-0.1, -0.05) is 26.8 Å². The van der Waals surface area contributed by atoms with Gasteiger partial charge in [-0.25, -0.2) is 4.98 Å². The Kier molecular flexibility index (Phi) is 1.99. The second-order valence-electron chi connectivity index (χ2n) is 5.39. The summed E-state index contributed by atoms with van der Waals surface area (Å²) >= 11 is 0. The zero-order valence-corrected chi connectivity index (χ0v) is 10.3. The average Bonchev–Trinajstić information content (AvgIpc) is 2.65. The summed E-state index contributed by atoms with van der Waals surface area (Å²) in [6.07, 6.45) is 3.45. The van der Waals surface area contributed by atoms with Gasteiger partial charge in [0.1, 0.15) is 5.52 Å². The fraction of sp³-hybridized carbons (Fsp3) is 0.286. The molecule has 0 unspecified atom stereocenters.